The van der Waals surface area contributed by atoms with Crippen molar-refractivity contribution in [3.05, 3.63) is 54.8 Å². The summed E-state index contributed by atoms with van der Waals surface area (Å²) in [5.41, 5.74) is 0.950. The van der Waals surface area contributed by atoms with E-state index in [1.807, 2.05) is 11.0 Å². The molecule has 0 spiro atoms. The maximum absolute atomic E-state index is 13.0. The lowest BCUT2D eigenvalue weighted by atomic mass is 10.2. The van der Waals surface area contributed by atoms with Crippen LogP contribution in [-0.2, 0) is 6.54 Å². The molecule has 21 heavy (non-hydrogen) atoms. The SMILES string of the molecule is O=C(c1cc(Br)c(Br)s1)N(Cc1ccc(F)cc1)C1CC1. The van der Waals surface area contributed by atoms with E-state index in [0.717, 1.165) is 26.7 Å². The molecule has 0 unspecified atom stereocenters. The van der Waals surface area contributed by atoms with Crippen LogP contribution < -0.4 is 0 Å². The second-order valence-corrected chi connectivity index (χ2v) is 8.25. The fraction of sp³-hybridized carbons (Fsp3) is 0.267. The molecule has 0 bridgehead atoms. The summed E-state index contributed by atoms with van der Waals surface area (Å²) in [5, 5.41) is 0. The van der Waals surface area contributed by atoms with Crippen molar-refractivity contribution in [2.75, 3.05) is 0 Å². The summed E-state index contributed by atoms with van der Waals surface area (Å²) in [6.07, 6.45) is 2.08. The van der Waals surface area contributed by atoms with E-state index in [9.17, 15) is 9.18 Å². The van der Waals surface area contributed by atoms with Gasteiger partial charge in [-0.1, -0.05) is 12.1 Å². The molecule has 1 aliphatic carbocycles. The zero-order valence-corrected chi connectivity index (χ0v) is 15.0. The molecule has 1 aromatic carbocycles. The molecule has 1 saturated carbocycles. The van der Waals surface area contributed by atoms with Crippen molar-refractivity contribution in [1.29, 1.82) is 0 Å². The molecule has 0 aliphatic heterocycles. The van der Waals surface area contributed by atoms with Gasteiger partial charge in [0.1, 0.15) is 5.82 Å². The van der Waals surface area contributed by atoms with Crippen LogP contribution in [0.5, 0.6) is 0 Å². The van der Waals surface area contributed by atoms with E-state index in [1.165, 1.54) is 23.5 Å². The van der Waals surface area contributed by atoms with Gasteiger partial charge in [0, 0.05) is 17.1 Å². The minimum atomic E-state index is -0.255. The number of nitrogens with zero attached hydrogens (tertiary/aromatic N) is 1. The van der Waals surface area contributed by atoms with E-state index in [2.05, 4.69) is 31.9 Å². The van der Waals surface area contributed by atoms with Crippen molar-refractivity contribution in [1.82, 2.24) is 4.90 Å². The molecule has 0 radical (unpaired) electrons. The predicted octanol–water partition coefficient (Wildman–Crippen LogP) is 5.22. The maximum Gasteiger partial charge on any atom is 0.264 e. The topological polar surface area (TPSA) is 20.3 Å². The first-order valence-corrected chi connectivity index (χ1v) is 8.95. The quantitative estimate of drug-likeness (QED) is 0.648. The molecule has 1 heterocycles. The van der Waals surface area contributed by atoms with Gasteiger partial charge in [0.2, 0.25) is 0 Å². The number of amides is 1. The first-order chi connectivity index (χ1) is 10.0. The van der Waals surface area contributed by atoms with Crippen molar-refractivity contribution in [2.45, 2.75) is 25.4 Å². The van der Waals surface area contributed by atoms with Crippen LogP contribution in [0.3, 0.4) is 0 Å². The van der Waals surface area contributed by atoms with Gasteiger partial charge in [-0.15, -0.1) is 11.3 Å². The summed E-state index contributed by atoms with van der Waals surface area (Å²) in [4.78, 5) is 15.3. The average Bonchev–Trinajstić information content (AvgIpc) is 3.24. The highest BCUT2D eigenvalue weighted by Gasteiger charge is 2.33. The van der Waals surface area contributed by atoms with Gasteiger partial charge in [0.15, 0.2) is 0 Å². The molecule has 1 fully saturated rings. The Morgan fingerprint density at radius 3 is 2.48 bits per heavy atom. The monoisotopic (exact) mass is 431 g/mol. The minimum Gasteiger partial charge on any atom is -0.331 e. The van der Waals surface area contributed by atoms with Crippen LogP contribution in [0.15, 0.2) is 38.6 Å². The number of hydrogen-bond acceptors (Lipinski definition) is 2. The predicted molar refractivity (Wildman–Crippen MR) is 89.0 cm³/mol. The Kier molecular flexibility index (Phi) is 4.47. The minimum absolute atomic E-state index is 0.0400. The number of hydrogen-bond donors (Lipinski definition) is 0. The van der Waals surface area contributed by atoms with Crippen molar-refractivity contribution in [3.8, 4) is 0 Å². The highest BCUT2D eigenvalue weighted by Crippen LogP contribution is 2.36. The van der Waals surface area contributed by atoms with Crippen LogP contribution in [0.1, 0.15) is 28.1 Å². The van der Waals surface area contributed by atoms with Crippen LogP contribution in [-0.4, -0.2) is 16.8 Å². The van der Waals surface area contributed by atoms with Crippen LogP contribution in [0, 0.1) is 5.82 Å². The largest absolute Gasteiger partial charge is 0.331 e. The third kappa shape index (κ3) is 3.55. The van der Waals surface area contributed by atoms with Gasteiger partial charge < -0.3 is 4.90 Å². The standard InChI is InChI=1S/C15H12Br2FNOS/c16-12-7-13(21-14(12)17)15(20)19(11-5-6-11)8-9-1-3-10(18)4-2-9/h1-4,7,11H,5-6,8H2. The van der Waals surface area contributed by atoms with Crippen molar-refractivity contribution in [2.24, 2.45) is 0 Å². The summed E-state index contributed by atoms with van der Waals surface area (Å²) in [6, 6.07) is 8.49. The zero-order valence-electron chi connectivity index (χ0n) is 11.0. The molecule has 0 saturated heterocycles. The average molecular weight is 433 g/mol. The van der Waals surface area contributed by atoms with Crippen LogP contribution in [0.2, 0.25) is 0 Å². The number of rotatable bonds is 4. The van der Waals surface area contributed by atoms with Crippen molar-refractivity contribution < 1.29 is 9.18 Å². The van der Waals surface area contributed by atoms with Crippen LogP contribution >= 0.6 is 43.2 Å². The van der Waals surface area contributed by atoms with E-state index in [0.29, 0.717) is 17.5 Å². The van der Waals surface area contributed by atoms with Gasteiger partial charge in [-0.25, -0.2) is 4.39 Å². The smallest absolute Gasteiger partial charge is 0.264 e. The molecule has 2 aromatic rings. The Hall–Kier alpha value is -0.720. The Bertz CT molecular complexity index is 647. The lowest BCUT2D eigenvalue weighted by molar-refractivity contribution is 0.0735. The summed E-state index contributed by atoms with van der Waals surface area (Å²) >= 11 is 8.26. The molecule has 0 atom stereocenters. The van der Waals surface area contributed by atoms with E-state index in [-0.39, 0.29) is 11.7 Å². The lowest BCUT2D eigenvalue weighted by Crippen LogP contribution is -2.32. The van der Waals surface area contributed by atoms with Crippen LogP contribution in [0.25, 0.3) is 0 Å². The first kappa shape index (κ1) is 15.2. The second-order valence-electron chi connectivity index (χ2n) is 5.02. The molecule has 2 nitrogen and oxygen atoms in total. The van der Waals surface area contributed by atoms with E-state index >= 15 is 0 Å². The number of benzene rings is 1. The van der Waals surface area contributed by atoms with Gasteiger partial charge in [-0.2, -0.15) is 0 Å². The Labute approximate surface area is 143 Å². The molecule has 1 aromatic heterocycles. The summed E-state index contributed by atoms with van der Waals surface area (Å²) < 4.78 is 14.8. The Morgan fingerprint density at radius 2 is 1.95 bits per heavy atom. The molecule has 3 rings (SSSR count). The highest BCUT2D eigenvalue weighted by molar-refractivity contribution is 9.13. The summed E-state index contributed by atoms with van der Waals surface area (Å²) in [6.45, 7) is 0.525. The van der Waals surface area contributed by atoms with E-state index in [1.54, 1.807) is 12.1 Å². The van der Waals surface area contributed by atoms with Gasteiger partial charge in [0.05, 0.1) is 8.66 Å². The Balaban J connectivity index is 1.81. The lowest BCUT2D eigenvalue weighted by Gasteiger charge is -2.22. The van der Waals surface area contributed by atoms with Gasteiger partial charge in [-0.05, 0) is 68.5 Å². The van der Waals surface area contributed by atoms with E-state index in [4.69, 9.17) is 0 Å². The fourth-order valence-electron chi connectivity index (χ4n) is 2.13. The molecule has 0 N–H and O–H groups in total. The molecule has 6 heteroatoms. The fourth-order valence-corrected chi connectivity index (χ4v) is 4.12. The van der Waals surface area contributed by atoms with Crippen molar-refractivity contribution in [3.63, 3.8) is 0 Å². The third-order valence-corrected chi connectivity index (χ3v) is 6.61. The number of carbonyl (C=O) groups excluding carboxylic acids is 1. The third-order valence-electron chi connectivity index (χ3n) is 3.37. The number of thiophene rings is 1. The highest BCUT2D eigenvalue weighted by atomic mass is 79.9. The molecular weight excluding hydrogens is 421 g/mol. The number of carbonyl (C=O) groups is 1. The Morgan fingerprint density at radius 1 is 1.29 bits per heavy atom. The zero-order chi connectivity index (χ0) is 15.0. The maximum atomic E-state index is 13.0. The molecule has 110 valence electrons. The van der Waals surface area contributed by atoms with E-state index < -0.39 is 0 Å². The second kappa shape index (κ2) is 6.18. The molecular formula is C15H12Br2FNOS. The normalized spacial score (nSPS) is 14.2. The van der Waals surface area contributed by atoms with Gasteiger partial charge in [-0.3, -0.25) is 4.79 Å². The van der Waals surface area contributed by atoms with Gasteiger partial charge in [0.25, 0.3) is 5.91 Å². The summed E-state index contributed by atoms with van der Waals surface area (Å²) in [5.74, 6) is -0.215. The number of halogens is 3. The first-order valence-electron chi connectivity index (χ1n) is 6.55. The molecule has 1 amide bonds. The van der Waals surface area contributed by atoms with Crippen molar-refractivity contribution >= 4 is 49.1 Å². The molecule has 1 aliphatic rings. The van der Waals surface area contributed by atoms with Gasteiger partial charge >= 0.3 is 0 Å². The van der Waals surface area contributed by atoms with Crippen LogP contribution in [0.4, 0.5) is 4.39 Å². The summed E-state index contributed by atoms with van der Waals surface area (Å²) in [7, 11) is 0.